The zero-order valence-electron chi connectivity index (χ0n) is 12.5. The summed E-state index contributed by atoms with van der Waals surface area (Å²) in [6, 6.07) is 0. The number of unbranched alkanes of at least 4 members (excludes halogenated alkanes) is 4. The Bertz CT molecular complexity index is 246. The number of halogens is 6. The Morgan fingerprint density at radius 1 is 0.714 bits per heavy atom. The lowest BCUT2D eigenvalue weighted by Gasteiger charge is -2.41. The van der Waals surface area contributed by atoms with E-state index in [1.54, 1.807) is 0 Å². The van der Waals surface area contributed by atoms with E-state index in [1.165, 1.54) is 38.5 Å². The van der Waals surface area contributed by atoms with Crippen molar-refractivity contribution >= 4 is 0 Å². The number of hydrogen-bond acceptors (Lipinski definition) is 1. The van der Waals surface area contributed by atoms with Crippen LogP contribution in [0.25, 0.3) is 0 Å². The first kappa shape index (κ1) is 20.5. The molecule has 1 rings (SSSR count). The number of hydrogen-bond donors (Lipinski definition) is 0. The van der Waals surface area contributed by atoms with Crippen molar-refractivity contribution in [3.63, 3.8) is 0 Å². The van der Waals surface area contributed by atoms with Gasteiger partial charge in [0, 0.05) is 13.2 Å². The predicted molar refractivity (Wildman–Crippen MR) is 69.6 cm³/mol. The van der Waals surface area contributed by atoms with Crippen LogP contribution in [0.4, 0.5) is 26.3 Å². The number of ether oxygens (including phenoxy) is 1. The standard InChI is InChI=1S/C10H22O.C4H2F6/c1-3-5-7-9-11-10-8-6-4-2;5-1-2(6)4(9,10)3(1,7)8/h3-10H2,1-2H3;1-2H. The Morgan fingerprint density at radius 2 is 1.05 bits per heavy atom. The lowest BCUT2D eigenvalue weighted by molar-refractivity contribution is -0.351. The Morgan fingerprint density at radius 3 is 1.29 bits per heavy atom. The molecule has 1 saturated carbocycles. The first-order valence-corrected chi connectivity index (χ1v) is 7.34. The average Bonchev–Trinajstić information content (AvgIpc) is 2.45. The zero-order chi connectivity index (χ0) is 16.5. The van der Waals surface area contributed by atoms with Gasteiger partial charge in [0.15, 0.2) is 0 Å². The summed E-state index contributed by atoms with van der Waals surface area (Å²) in [4.78, 5) is 0. The van der Waals surface area contributed by atoms with Gasteiger partial charge in [-0.1, -0.05) is 39.5 Å². The highest BCUT2D eigenvalue weighted by molar-refractivity contribution is 5.12. The normalized spacial score (nSPS) is 25.7. The molecule has 0 N–H and O–H groups in total. The Balaban J connectivity index is 0.000000382. The van der Waals surface area contributed by atoms with Gasteiger partial charge in [-0.05, 0) is 12.8 Å². The monoisotopic (exact) mass is 322 g/mol. The molecule has 0 bridgehead atoms. The van der Waals surface area contributed by atoms with Crippen LogP contribution >= 0.6 is 0 Å². The molecule has 7 heteroatoms. The van der Waals surface area contributed by atoms with Gasteiger partial charge < -0.3 is 4.74 Å². The van der Waals surface area contributed by atoms with E-state index in [0.29, 0.717) is 0 Å². The van der Waals surface area contributed by atoms with Crippen LogP contribution < -0.4 is 0 Å². The predicted octanol–water partition coefficient (Wildman–Crippen LogP) is 5.33. The van der Waals surface area contributed by atoms with Crippen LogP contribution in [0, 0.1) is 0 Å². The third-order valence-electron chi connectivity index (χ3n) is 3.18. The van der Waals surface area contributed by atoms with Crippen molar-refractivity contribution in [1.82, 2.24) is 0 Å². The SMILES string of the molecule is CCCCCOCCCCC.FC1C(F)C(F)(F)C1(F)F. The quantitative estimate of drug-likeness (QED) is 0.433. The second-order valence-electron chi connectivity index (χ2n) is 5.08. The number of alkyl halides is 6. The lowest BCUT2D eigenvalue weighted by atomic mass is 9.85. The molecule has 0 spiro atoms. The van der Waals surface area contributed by atoms with Gasteiger partial charge in [0.25, 0.3) is 0 Å². The van der Waals surface area contributed by atoms with Crippen LogP contribution in [0.15, 0.2) is 0 Å². The summed E-state index contributed by atoms with van der Waals surface area (Å²) in [5, 5.41) is 0. The van der Waals surface area contributed by atoms with Gasteiger partial charge >= 0.3 is 11.8 Å². The van der Waals surface area contributed by atoms with Gasteiger partial charge in [-0.25, -0.2) is 8.78 Å². The maximum absolute atomic E-state index is 11.6. The molecule has 0 aromatic carbocycles. The maximum Gasteiger partial charge on any atom is 0.346 e. The summed E-state index contributed by atoms with van der Waals surface area (Å²) < 4.78 is 75.0. The van der Waals surface area contributed by atoms with E-state index in [0.717, 1.165) is 13.2 Å². The smallest absolute Gasteiger partial charge is 0.346 e. The van der Waals surface area contributed by atoms with Crippen molar-refractivity contribution in [1.29, 1.82) is 0 Å². The third-order valence-corrected chi connectivity index (χ3v) is 3.18. The Labute approximate surface area is 122 Å². The van der Waals surface area contributed by atoms with E-state index in [4.69, 9.17) is 4.74 Å². The van der Waals surface area contributed by atoms with E-state index in [-0.39, 0.29) is 0 Å². The van der Waals surface area contributed by atoms with Crippen LogP contribution in [-0.4, -0.2) is 37.4 Å². The van der Waals surface area contributed by atoms with Crippen molar-refractivity contribution in [2.75, 3.05) is 13.2 Å². The molecule has 2 unspecified atom stereocenters. The molecule has 0 radical (unpaired) electrons. The summed E-state index contributed by atoms with van der Waals surface area (Å²) in [5.41, 5.74) is 0. The molecular weight excluding hydrogens is 298 g/mol. The molecule has 21 heavy (non-hydrogen) atoms. The molecule has 0 amide bonds. The molecule has 0 heterocycles. The van der Waals surface area contributed by atoms with Gasteiger partial charge in [-0.15, -0.1) is 0 Å². The minimum Gasteiger partial charge on any atom is -0.381 e. The Hall–Kier alpha value is -0.460. The average molecular weight is 322 g/mol. The second-order valence-corrected chi connectivity index (χ2v) is 5.08. The van der Waals surface area contributed by atoms with Gasteiger partial charge in [0.05, 0.1) is 0 Å². The highest BCUT2D eigenvalue weighted by atomic mass is 19.3. The fourth-order valence-corrected chi connectivity index (χ4v) is 1.65. The Kier molecular flexibility index (Phi) is 9.33. The van der Waals surface area contributed by atoms with E-state index in [9.17, 15) is 26.3 Å². The first-order chi connectivity index (χ1) is 9.73. The number of rotatable bonds is 8. The van der Waals surface area contributed by atoms with Crippen LogP contribution in [0.2, 0.25) is 0 Å². The van der Waals surface area contributed by atoms with Crippen LogP contribution in [-0.2, 0) is 4.74 Å². The van der Waals surface area contributed by atoms with E-state index in [2.05, 4.69) is 13.8 Å². The van der Waals surface area contributed by atoms with Crippen LogP contribution in [0.5, 0.6) is 0 Å². The van der Waals surface area contributed by atoms with E-state index >= 15 is 0 Å². The molecule has 1 nitrogen and oxygen atoms in total. The molecule has 2 atom stereocenters. The maximum atomic E-state index is 11.6. The van der Waals surface area contributed by atoms with E-state index < -0.39 is 24.2 Å². The molecule has 1 aliphatic rings. The lowest BCUT2D eigenvalue weighted by Crippen LogP contribution is -2.70. The van der Waals surface area contributed by atoms with Crippen molar-refractivity contribution in [2.45, 2.75) is 76.6 Å². The van der Waals surface area contributed by atoms with Crippen molar-refractivity contribution in [2.24, 2.45) is 0 Å². The van der Waals surface area contributed by atoms with Gasteiger partial charge in [0.2, 0.25) is 12.3 Å². The van der Waals surface area contributed by atoms with E-state index in [1.807, 2.05) is 0 Å². The summed E-state index contributed by atoms with van der Waals surface area (Å²) in [6.07, 6.45) is 0.966. The van der Waals surface area contributed by atoms with Gasteiger partial charge in [-0.3, -0.25) is 0 Å². The summed E-state index contributed by atoms with van der Waals surface area (Å²) in [5.74, 6) is -9.65. The van der Waals surface area contributed by atoms with Gasteiger partial charge in [-0.2, -0.15) is 17.6 Å². The highest BCUT2D eigenvalue weighted by Crippen LogP contribution is 2.54. The fraction of sp³-hybridized carbons (Fsp3) is 1.00. The molecular formula is C14H24F6O. The molecule has 0 aliphatic heterocycles. The highest BCUT2D eigenvalue weighted by Gasteiger charge is 2.81. The summed E-state index contributed by atoms with van der Waals surface area (Å²) in [6.45, 7) is 6.38. The summed E-state index contributed by atoms with van der Waals surface area (Å²) in [7, 11) is 0. The van der Waals surface area contributed by atoms with Gasteiger partial charge in [0.1, 0.15) is 0 Å². The molecule has 1 aliphatic carbocycles. The van der Waals surface area contributed by atoms with Crippen molar-refractivity contribution in [3.8, 4) is 0 Å². The largest absolute Gasteiger partial charge is 0.381 e. The van der Waals surface area contributed by atoms with Crippen LogP contribution in [0.1, 0.15) is 52.4 Å². The van der Waals surface area contributed by atoms with Crippen molar-refractivity contribution < 1.29 is 31.1 Å². The molecule has 1 fully saturated rings. The van der Waals surface area contributed by atoms with Crippen molar-refractivity contribution in [3.05, 3.63) is 0 Å². The summed E-state index contributed by atoms with van der Waals surface area (Å²) >= 11 is 0. The minimum absolute atomic E-state index is 0.970. The topological polar surface area (TPSA) is 9.23 Å². The zero-order valence-corrected chi connectivity index (χ0v) is 12.5. The first-order valence-electron chi connectivity index (χ1n) is 7.34. The third kappa shape index (κ3) is 5.68. The molecule has 0 aromatic rings. The molecule has 0 saturated heterocycles. The van der Waals surface area contributed by atoms with Crippen LogP contribution in [0.3, 0.4) is 0 Å². The fourth-order valence-electron chi connectivity index (χ4n) is 1.65. The molecule has 0 aromatic heterocycles. The molecule has 128 valence electrons. The minimum atomic E-state index is -4.83. The second kappa shape index (κ2) is 9.54.